The third-order valence-corrected chi connectivity index (χ3v) is 5.13. The number of para-hydroxylation sites is 1. The Morgan fingerprint density at radius 3 is 2.65 bits per heavy atom. The number of H-pyrrole nitrogens is 1. The number of aromatic nitrogens is 7. The number of hydrogen-bond acceptors (Lipinski definition) is 9. The van der Waals surface area contributed by atoms with E-state index in [1.807, 2.05) is 44.3 Å². The van der Waals surface area contributed by atoms with Gasteiger partial charge in [-0.2, -0.15) is 10.4 Å². The minimum atomic E-state index is 0.312. The van der Waals surface area contributed by atoms with Crippen LogP contribution in [-0.4, -0.2) is 41.8 Å². The molecule has 11 heteroatoms. The van der Waals surface area contributed by atoms with Crippen molar-refractivity contribution >= 4 is 34.2 Å². The van der Waals surface area contributed by atoms with Gasteiger partial charge in [-0.1, -0.05) is 12.1 Å². The molecule has 0 aliphatic rings. The standard InChI is InChI=1S/C23H20N10O/c1-13-27-20-17(10-19(32-22(20)28-13)31-18-9-4-6-14(11-24)29-18)30-16-8-5-7-15(21(16)34-3)23-25-12-26-33(23)2/h4-10,12H,1-3H3,(H3,27,28,29,30,31,32). The van der Waals surface area contributed by atoms with Crippen molar-refractivity contribution in [1.29, 1.82) is 5.26 Å². The molecule has 0 bridgehead atoms. The minimum absolute atomic E-state index is 0.312. The molecule has 0 aliphatic carbocycles. The Bertz CT molecular complexity index is 1550. The Hall–Kier alpha value is -4.98. The van der Waals surface area contributed by atoms with Crippen LogP contribution in [0.25, 0.3) is 22.6 Å². The molecule has 0 saturated heterocycles. The van der Waals surface area contributed by atoms with Crippen LogP contribution >= 0.6 is 0 Å². The molecule has 11 nitrogen and oxygen atoms in total. The number of nitrogens with one attached hydrogen (secondary N) is 3. The Kier molecular flexibility index (Phi) is 5.23. The van der Waals surface area contributed by atoms with Crippen LogP contribution < -0.4 is 15.4 Å². The predicted octanol–water partition coefficient (Wildman–Crippen LogP) is 3.82. The number of imidazole rings is 1. The second kappa shape index (κ2) is 8.51. The van der Waals surface area contributed by atoms with Crippen molar-refractivity contribution in [2.24, 2.45) is 7.05 Å². The molecule has 0 spiro atoms. The van der Waals surface area contributed by atoms with E-state index >= 15 is 0 Å². The van der Waals surface area contributed by atoms with Crippen LogP contribution in [0.5, 0.6) is 5.75 Å². The molecule has 0 radical (unpaired) electrons. The van der Waals surface area contributed by atoms with Crippen LogP contribution in [0.4, 0.5) is 23.0 Å². The second-order valence-corrected chi connectivity index (χ2v) is 7.44. The van der Waals surface area contributed by atoms with E-state index in [0.29, 0.717) is 45.8 Å². The van der Waals surface area contributed by atoms with Gasteiger partial charge in [0, 0.05) is 13.1 Å². The number of anilines is 4. The number of aryl methyl sites for hydroxylation is 2. The first-order chi connectivity index (χ1) is 16.6. The van der Waals surface area contributed by atoms with Crippen molar-refractivity contribution in [3.8, 4) is 23.2 Å². The van der Waals surface area contributed by atoms with Crippen LogP contribution in [0.1, 0.15) is 11.5 Å². The van der Waals surface area contributed by atoms with Crippen molar-refractivity contribution < 1.29 is 4.74 Å². The zero-order valence-corrected chi connectivity index (χ0v) is 18.7. The number of pyridine rings is 2. The summed E-state index contributed by atoms with van der Waals surface area (Å²) in [5.41, 5.74) is 3.82. The average Bonchev–Trinajstić information content (AvgIpc) is 3.43. The van der Waals surface area contributed by atoms with Crippen molar-refractivity contribution in [3.05, 3.63) is 60.3 Å². The minimum Gasteiger partial charge on any atom is -0.494 e. The maximum atomic E-state index is 9.14. The van der Waals surface area contributed by atoms with Crippen molar-refractivity contribution in [2.45, 2.75) is 6.92 Å². The second-order valence-electron chi connectivity index (χ2n) is 7.44. The Morgan fingerprint density at radius 2 is 1.88 bits per heavy atom. The third-order valence-electron chi connectivity index (χ3n) is 5.13. The van der Waals surface area contributed by atoms with E-state index in [0.717, 1.165) is 17.1 Å². The SMILES string of the molecule is COc1c(Nc2cc(Nc3cccc(C#N)n3)nc3[nH]c(C)nc23)cccc1-c1ncnn1C. The molecular formula is C23H20N10O. The lowest BCUT2D eigenvalue weighted by molar-refractivity contribution is 0.418. The van der Waals surface area contributed by atoms with Gasteiger partial charge in [0.15, 0.2) is 17.2 Å². The topological polar surface area (TPSA) is 142 Å². The Morgan fingerprint density at radius 1 is 1.03 bits per heavy atom. The number of aromatic amines is 1. The number of hydrogen-bond donors (Lipinski definition) is 3. The number of nitrogens with zero attached hydrogens (tertiary/aromatic N) is 7. The first-order valence-corrected chi connectivity index (χ1v) is 10.4. The quantitative estimate of drug-likeness (QED) is 0.350. The normalized spacial score (nSPS) is 10.8. The summed E-state index contributed by atoms with van der Waals surface area (Å²) >= 11 is 0. The van der Waals surface area contributed by atoms with Gasteiger partial charge in [0.1, 0.15) is 41.1 Å². The molecule has 4 heterocycles. The lowest BCUT2D eigenvalue weighted by atomic mass is 10.1. The summed E-state index contributed by atoms with van der Waals surface area (Å²) < 4.78 is 7.44. The van der Waals surface area contributed by atoms with Gasteiger partial charge in [0.25, 0.3) is 0 Å². The largest absolute Gasteiger partial charge is 0.494 e. The lowest BCUT2D eigenvalue weighted by Gasteiger charge is -2.15. The molecule has 34 heavy (non-hydrogen) atoms. The molecule has 3 N–H and O–H groups in total. The molecule has 4 aromatic heterocycles. The molecule has 0 fully saturated rings. The van der Waals surface area contributed by atoms with Gasteiger partial charge in [0.05, 0.1) is 24.0 Å². The molecule has 5 aromatic rings. The maximum Gasteiger partial charge on any atom is 0.161 e. The first-order valence-electron chi connectivity index (χ1n) is 10.4. The fourth-order valence-electron chi connectivity index (χ4n) is 3.68. The van der Waals surface area contributed by atoms with E-state index in [9.17, 15) is 0 Å². The molecule has 0 atom stereocenters. The molecule has 1 aromatic carbocycles. The molecule has 168 valence electrons. The molecular weight excluding hydrogens is 432 g/mol. The fourth-order valence-corrected chi connectivity index (χ4v) is 3.68. The summed E-state index contributed by atoms with van der Waals surface area (Å²) in [4.78, 5) is 21.0. The van der Waals surface area contributed by atoms with E-state index in [2.05, 4.69) is 40.7 Å². The van der Waals surface area contributed by atoms with Gasteiger partial charge in [-0.3, -0.25) is 0 Å². The van der Waals surface area contributed by atoms with Gasteiger partial charge >= 0.3 is 0 Å². The first kappa shape index (κ1) is 20.9. The summed E-state index contributed by atoms with van der Waals surface area (Å²) in [7, 11) is 3.44. The maximum absolute atomic E-state index is 9.14. The highest BCUT2D eigenvalue weighted by molar-refractivity contribution is 5.92. The lowest BCUT2D eigenvalue weighted by Crippen LogP contribution is -2.02. The van der Waals surface area contributed by atoms with Gasteiger partial charge in [0.2, 0.25) is 0 Å². The fraction of sp³-hybridized carbons (Fsp3) is 0.130. The summed E-state index contributed by atoms with van der Waals surface area (Å²) in [5.74, 6) is 3.07. The molecule has 0 amide bonds. The average molecular weight is 452 g/mol. The van der Waals surface area contributed by atoms with E-state index < -0.39 is 0 Å². The van der Waals surface area contributed by atoms with Gasteiger partial charge in [-0.25, -0.2) is 24.6 Å². The number of methoxy groups -OCH3 is 1. The summed E-state index contributed by atoms with van der Waals surface area (Å²) in [6.45, 7) is 1.87. The number of benzene rings is 1. The van der Waals surface area contributed by atoms with Crippen LogP contribution in [0.15, 0.2) is 48.8 Å². The Labute approximate surface area is 194 Å². The van der Waals surface area contributed by atoms with E-state index in [1.165, 1.54) is 6.33 Å². The Balaban J connectivity index is 1.58. The van der Waals surface area contributed by atoms with Crippen LogP contribution in [0.3, 0.4) is 0 Å². The molecule has 5 rings (SSSR count). The van der Waals surface area contributed by atoms with Crippen LogP contribution in [0, 0.1) is 18.3 Å². The zero-order chi connectivity index (χ0) is 23.7. The van der Waals surface area contributed by atoms with E-state index in [-0.39, 0.29) is 0 Å². The molecule has 0 unspecified atom stereocenters. The highest BCUT2D eigenvalue weighted by Crippen LogP contribution is 2.38. The third kappa shape index (κ3) is 3.84. The number of ether oxygens (including phenoxy) is 1. The van der Waals surface area contributed by atoms with Gasteiger partial charge in [-0.05, 0) is 31.2 Å². The number of fused-ring (bicyclic) bond motifs is 1. The van der Waals surface area contributed by atoms with Crippen molar-refractivity contribution in [1.82, 2.24) is 34.7 Å². The monoisotopic (exact) mass is 452 g/mol. The van der Waals surface area contributed by atoms with E-state index in [4.69, 9.17) is 10.00 Å². The van der Waals surface area contributed by atoms with Gasteiger partial charge < -0.3 is 20.4 Å². The van der Waals surface area contributed by atoms with Crippen LogP contribution in [-0.2, 0) is 7.05 Å². The smallest absolute Gasteiger partial charge is 0.161 e. The molecule has 0 aliphatic heterocycles. The van der Waals surface area contributed by atoms with Crippen molar-refractivity contribution in [3.63, 3.8) is 0 Å². The van der Waals surface area contributed by atoms with E-state index in [1.54, 1.807) is 30.0 Å². The highest BCUT2D eigenvalue weighted by atomic mass is 16.5. The highest BCUT2D eigenvalue weighted by Gasteiger charge is 2.17. The molecule has 0 saturated carbocycles. The zero-order valence-electron chi connectivity index (χ0n) is 18.7. The van der Waals surface area contributed by atoms with Gasteiger partial charge in [-0.15, -0.1) is 0 Å². The van der Waals surface area contributed by atoms with Crippen LogP contribution in [0.2, 0.25) is 0 Å². The number of rotatable bonds is 6. The number of nitriles is 1. The summed E-state index contributed by atoms with van der Waals surface area (Å²) in [6.07, 6.45) is 1.50. The van der Waals surface area contributed by atoms with Crippen molar-refractivity contribution in [2.75, 3.05) is 17.7 Å². The summed E-state index contributed by atoms with van der Waals surface area (Å²) in [5, 5.41) is 19.9. The summed E-state index contributed by atoms with van der Waals surface area (Å²) in [6, 6.07) is 14.8. The predicted molar refractivity (Wildman–Crippen MR) is 127 cm³/mol.